The first-order chi connectivity index (χ1) is 13.7. The van der Waals surface area contributed by atoms with Gasteiger partial charge in [-0.05, 0) is 57.4 Å². The summed E-state index contributed by atoms with van der Waals surface area (Å²) in [5.41, 5.74) is 1.25. The molecule has 2 unspecified atom stereocenters. The van der Waals surface area contributed by atoms with E-state index >= 15 is 0 Å². The summed E-state index contributed by atoms with van der Waals surface area (Å²) in [7, 11) is 3.62. The number of rotatable bonds is 8. The standard InChI is InChI=1S/C22H37N5O/c1-4-26-14-11-18(17-26)15-24-22(23-2)25-16-20(27-12-7-8-13-27)19-9-5-6-10-21(19)28-3/h5-6,9-10,18,20H,4,7-8,11-17H2,1-3H3,(H2,23,24,25). The van der Waals surface area contributed by atoms with E-state index in [-0.39, 0.29) is 0 Å². The van der Waals surface area contributed by atoms with Crippen LogP contribution in [0.25, 0.3) is 0 Å². The number of nitrogens with one attached hydrogen (secondary N) is 2. The van der Waals surface area contributed by atoms with Crippen molar-refractivity contribution < 1.29 is 4.74 Å². The van der Waals surface area contributed by atoms with Crippen LogP contribution in [0.2, 0.25) is 0 Å². The van der Waals surface area contributed by atoms with E-state index in [0.717, 1.165) is 44.4 Å². The molecule has 2 aliphatic heterocycles. The van der Waals surface area contributed by atoms with Crippen LogP contribution >= 0.6 is 0 Å². The number of para-hydroxylation sites is 1. The predicted molar refractivity (Wildman–Crippen MR) is 116 cm³/mol. The fourth-order valence-electron chi connectivity index (χ4n) is 4.45. The van der Waals surface area contributed by atoms with Gasteiger partial charge in [-0.1, -0.05) is 25.1 Å². The molecule has 2 atom stereocenters. The smallest absolute Gasteiger partial charge is 0.191 e. The van der Waals surface area contributed by atoms with Crippen LogP contribution in [0.3, 0.4) is 0 Å². The molecule has 1 aromatic rings. The average Bonchev–Trinajstić information content (AvgIpc) is 3.43. The third-order valence-corrected chi connectivity index (χ3v) is 6.14. The fourth-order valence-corrected chi connectivity index (χ4v) is 4.45. The molecular weight excluding hydrogens is 350 g/mol. The van der Waals surface area contributed by atoms with Gasteiger partial charge in [0.1, 0.15) is 5.75 Å². The minimum absolute atomic E-state index is 0.291. The molecule has 2 heterocycles. The van der Waals surface area contributed by atoms with Crippen molar-refractivity contribution in [2.75, 3.05) is 60.0 Å². The zero-order valence-electron chi connectivity index (χ0n) is 17.8. The van der Waals surface area contributed by atoms with E-state index in [4.69, 9.17) is 4.74 Å². The third kappa shape index (κ3) is 5.39. The number of likely N-dealkylation sites (tertiary alicyclic amines) is 2. The highest BCUT2D eigenvalue weighted by Gasteiger charge is 2.26. The maximum Gasteiger partial charge on any atom is 0.191 e. The first-order valence-corrected chi connectivity index (χ1v) is 10.8. The highest BCUT2D eigenvalue weighted by molar-refractivity contribution is 5.79. The maximum atomic E-state index is 5.65. The predicted octanol–water partition coefficient (Wildman–Crippen LogP) is 2.34. The van der Waals surface area contributed by atoms with Crippen LogP contribution in [-0.2, 0) is 0 Å². The first-order valence-electron chi connectivity index (χ1n) is 10.8. The maximum absolute atomic E-state index is 5.65. The summed E-state index contributed by atoms with van der Waals surface area (Å²) >= 11 is 0. The Hall–Kier alpha value is -1.79. The van der Waals surface area contributed by atoms with Crippen molar-refractivity contribution in [1.29, 1.82) is 0 Å². The van der Waals surface area contributed by atoms with Crippen LogP contribution in [-0.4, -0.2) is 75.7 Å². The Morgan fingerprint density at radius 1 is 1.21 bits per heavy atom. The van der Waals surface area contributed by atoms with E-state index in [1.807, 2.05) is 13.1 Å². The second-order valence-corrected chi connectivity index (χ2v) is 7.88. The monoisotopic (exact) mass is 387 g/mol. The van der Waals surface area contributed by atoms with Crippen molar-refractivity contribution >= 4 is 5.96 Å². The quantitative estimate of drug-likeness (QED) is 0.530. The summed E-state index contributed by atoms with van der Waals surface area (Å²) < 4.78 is 5.65. The van der Waals surface area contributed by atoms with Gasteiger partial charge in [-0.3, -0.25) is 9.89 Å². The molecular formula is C22H37N5O. The SMILES string of the molecule is CCN1CCC(CNC(=NC)NCC(c2ccccc2OC)N2CCCC2)C1. The molecule has 3 rings (SSSR count). The number of methoxy groups -OCH3 is 1. The lowest BCUT2D eigenvalue weighted by Gasteiger charge is -2.30. The Bertz CT molecular complexity index is 629. The highest BCUT2D eigenvalue weighted by Crippen LogP contribution is 2.31. The lowest BCUT2D eigenvalue weighted by Crippen LogP contribution is -2.44. The summed E-state index contributed by atoms with van der Waals surface area (Å²) in [6.07, 6.45) is 3.82. The van der Waals surface area contributed by atoms with Crippen LogP contribution in [0.15, 0.2) is 29.3 Å². The van der Waals surface area contributed by atoms with Crippen LogP contribution in [0.4, 0.5) is 0 Å². The molecule has 0 amide bonds. The summed E-state index contributed by atoms with van der Waals surface area (Å²) in [5.74, 6) is 2.57. The Morgan fingerprint density at radius 2 is 2.00 bits per heavy atom. The van der Waals surface area contributed by atoms with Crippen molar-refractivity contribution in [2.45, 2.75) is 32.2 Å². The summed E-state index contributed by atoms with van der Waals surface area (Å²) in [6.45, 7) is 9.91. The Kier molecular flexibility index (Phi) is 7.98. The molecule has 1 aromatic carbocycles. The number of nitrogens with zero attached hydrogens (tertiary/aromatic N) is 3. The molecule has 2 aliphatic rings. The Labute approximate surface area is 170 Å². The molecule has 2 fully saturated rings. The van der Waals surface area contributed by atoms with Gasteiger partial charge in [0.05, 0.1) is 13.2 Å². The Morgan fingerprint density at radius 3 is 2.68 bits per heavy atom. The van der Waals surface area contributed by atoms with Gasteiger partial charge >= 0.3 is 0 Å². The van der Waals surface area contributed by atoms with Crippen molar-refractivity contribution in [3.8, 4) is 5.75 Å². The molecule has 0 aliphatic carbocycles. The molecule has 2 N–H and O–H groups in total. The number of benzene rings is 1. The van der Waals surface area contributed by atoms with Gasteiger partial charge < -0.3 is 20.3 Å². The minimum atomic E-state index is 0.291. The van der Waals surface area contributed by atoms with Gasteiger partial charge in [0.2, 0.25) is 0 Å². The largest absolute Gasteiger partial charge is 0.496 e. The molecule has 6 heteroatoms. The highest BCUT2D eigenvalue weighted by atomic mass is 16.5. The molecule has 0 spiro atoms. The van der Waals surface area contributed by atoms with Crippen molar-refractivity contribution in [1.82, 2.24) is 20.4 Å². The van der Waals surface area contributed by atoms with E-state index in [1.54, 1.807) is 7.11 Å². The van der Waals surface area contributed by atoms with E-state index < -0.39 is 0 Å². The van der Waals surface area contributed by atoms with Gasteiger partial charge in [-0.2, -0.15) is 0 Å². The molecule has 0 saturated carbocycles. The van der Waals surface area contributed by atoms with E-state index in [1.165, 1.54) is 37.9 Å². The minimum Gasteiger partial charge on any atom is -0.496 e. The molecule has 0 aromatic heterocycles. The van der Waals surface area contributed by atoms with E-state index in [9.17, 15) is 0 Å². The molecule has 2 saturated heterocycles. The van der Waals surface area contributed by atoms with E-state index in [2.05, 4.69) is 50.5 Å². The van der Waals surface area contributed by atoms with Crippen LogP contribution in [0.5, 0.6) is 5.75 Å². The topological polar surface area (TPSA) is 52.1 Å². The average molecular weight is 388 g/mol. The number of hydrogen-bond acceptors (Lipinski definition) is 4. The van der Waals surface area contributed by atoms with Crippen molar-refractivity contribution in [3.05, 3.63) is 29.8 Å². The molecule has 0 bridgehead atoms. The zero-order valence-corrected chi connectivity index (χ0v) is 17.8. The van der Waals surface area contributed by atoms with Gasteiger partial charge in [0.25, 0.3) is 0 Å². The lowest BCUT2D eigenvalue weighted by molar-refractivity contribution is 0.239. The number of guanidine groups is 1. The summed E-state index contributed by atoms with van der Waals surface area (Å²) in [5, 5.41) is 7.12. The summed E-state index contributed by atoms with van der Waals surface area (Å²) in [6, 6.07) is 8.69. The number of hydrogen-bond donors (Lipinski definition) is 2. The normalized spacial score (nSPS) is 22.4. The van der Waals surface area contributed by atoms with Gasteiger partial charge in [0, 0.05) is 32.2 Å². The second kappa shape index (κ2) is 10.7. The summed E-state index contributed by atoms with van der Waals surface area (Å²) in [4.78, 5) is 9.54. The molecule has 6 nitrogen and oxygen atoms in total. The zero-order chi connectivity index (χ0) is 19.8. The van der Waals surface area contributed by atoms with Crippen LogP contribution in [0.1, 0.15) is 37.8 Å². The second-order valence-electron chi connectivity index (χ2n) is 7.88. The van der Waals surface area contributed by atoms with Gasteiger partial charge in [0.15, 0.2) is 5.96 Å². The Balaban J connectivity index is 1.59. The third-order valence-electron chi connectivity index (χ3n) is 6.14. The van der Waals surface area contributed by atoms with Gasteiger partial charge in [-0.25, -0.2) is 0 Å². The van der Waals surface area contributed by atoms with Crippen LogP contribution in [0, 0.1) is 5.92 Å². The lowest BCUT2D eigenvalue weighted by atomic mass is 10.0. The molecule has 156 valence electrons. The number of aliphatic imine (C=N–C) groups is 1. The fraction of sp³-hybridized carbons (Fsp3) is 0.682. The van der Waals surface area contributed by atoms with E-state index in [0.29, 0.717) is 12.0 Å². The van der Waals surface area contributed by atoms with Gasteiger partial charge in [-0.15, -0.1) is 0 Å². The van der Waals surface area contributed by atoms with Crippen molar-refractivity contribution in [3.63, 3.8) is 0 Å². The number of ether oxygens (including phenoxy) is 1. The first kappa shape index (κ1) is 20.9. The molecule has 28 heavy (non-hydrogen) atoms. The molecule has 0 radical (unpaired) electrons. The van der Waals surface area contributed by atoms with Crippen molar-refractivity contribution in [2.24, 2.45) is 10.9 Å². The van der Waals surface area contributed by atoms with Crippen LogP contribution < -0.4 is 15.4 Å².